The molecule has 6 nitrogen and oxygen atoms in total. The van der Waals surface area contributed by atoms with E-state index in [2.05, 4.69) is 17.2 Å². The second-order valence-corrected chi connectivity index (χ2v) is 5.03. The van der Waals surface area contributed by atoms with Gasteiger partial charge in [0.15, 0.2) is 5.11 Å². The first kappa shape index (κ1) is 17.0. The Morgan fingerprint density at radius 3 is 2.57 bits per heavy atom. The summed E-state index contributed by atoms with van der Waals surface area (Å²) < 4.78 is 0. The van der Waals surface area contributed by atoms with Gasteiger partial charge in [-0.2, -0.15) is 0 Å². The lowest BCUT2D eigenvalue weighted by Gasteiger charge is -2.05. The van der Waals surface area contributed by atoms with Crippen molar-refractivity contribution in [1.82, 2.24) is 0 Å². The number of unbranched alkanes of at least 4 members (excludes halogenated alkanes) is 3. The number of hydrogen-bond acceptors (Lipinski definition) is 3. The molecule has 0 aliphatic heterocycles. The molecule has 114 valence electrons. The minimum Gasteiger partial charge on any atom is -0.387 e. The highest BCUT2D eigenvalue weighted by Gasteiger charge is 2.04. The van der Waals surface area contributed by atoms with Gasteiger partial charge in [0, 0.05) is 24.2 Å². The zero-order valence-corrected chi connectivity index (χ0v) is 12.9. The van der Waals surface area contributed by atoms with Crippen LogP contribution >= 0.6 is 12.2 Å². The van der Waals surface area contributed by atoms with Crippen LogP contribution in [0.25, 0.3) is 0 Å². The Hall–Kier alpha value is -2.02. The number of nitrogens with one attached hydrogen (secondary N) is 1. The zero-order valence-electron chi connectivity index (χ0n) is 12.0. The molecule has 3 N–H and O–H groups in total. The lowest BCUT2D eigenvalue weighted by molar-refractivity contribution is -0.384. The molecule has 0 aliphatic rings. The molecule has 0 saturated heterocycles. The van der Waals surface area contributed by atoms with E-state index in [-0.39, 0.29) is 10.8 Å². The van der Waals surface area contributed by atoms with Gasteiger partial charge in [0.05, 0.1) is 4.92 Å². The smallest absolute Gasteiger partial charge is 0.269 e. The minimum atomic E-state index is -0.450. The van der Waals surface area contributed by atoms with Crippen LogP contribution in [0.4, 0.5) is 11.4 Å². The highest BCUT2D eigenvalue weighted by atomic mass is 32.1. The first-order valence-corrected chi connectivity index (χ1v) is 7.32. The second kappa shape index (κ2) is 9.02. The number of thiocarbonyl (C=S) groups is 1. The number of nitro groups is 1. The topological polar surface area (TPSA) is 93.5 Å². The van der Waals surface area contributed by atoms with Crippen molar-refractivity contribution in [2.45, 2.75) is 39.0 Å². The van der Waals surface area contributed by atoms with Gasteiger partial charge >= 0.3 is 0 Å². The molecule has 0 spiro atoms. The van der Waals surface area contributed by atoms with E-state index in [0.717, 1.165) is 19.3 Å². The maximum atomic E-state index is 10.5. The molecule has 0 heterocycles. The van der Waals surface area contributed by atoms with Crippen LogP contribution in [-0.4, -0.2) is 15.9 Å². The van der Waals surface area contributed by atoms with E-state index < -0.39 is 4.92 Å². The number of non-ortho nitro benzene ring substituents is 1. The monoisotopic (exact) mass is 308 g/mol. The van der Waals surface area contributed by atoms with Crippen LogP contribution in [0, 0.1) is 10.1 Å². The number of aliphatic imine (C=N–C) groups is 1. The summed E-state index contributed by atoms with van der Waals surface area (Å²) >= 11 is 5.09. The third-order valence-corrected chi connectivity index (χ3v) is 3.05. The molecule has 0 bridgehead atoms. The number of amidine groups is 1. The maximum absolute atomic E-state index is 10.5. The molecule has 0 atom stereocenters. The van der Waals surface area contributed by atoms with Gasteiger partial charge in [0.1, 0.15) is 5.84 Å². The fraction of sp³-hybridized carbons (Fsp3) is 0.429. The predicted molar refractivity (Wildman–Crippen MR) is 89.7 cm³/mol. The maximum Gasteiger partial charge on any atom is 0.269 e. The first-order chi connectivity index (χ1) is 10.0. The fourth-order valence-corrected chi connectivity index (χ4v) is 1.97. The van der Waals surface area contributed by atoms with Crippen molar-refractivity contribution in [2.75, 3.05) is 5.32 Å². The second-order valence-electron chi connectivity index (χ2n) is 4.65. The molecule has 7 heteroatoms. The van der Waals surface area contributed by atoms with Crippen LogP contribution in [0.5, 0.6) is 0 Å². The van der Waals surface area contributed by atoms with Gasteiger partial charge in [0.2, 0.25) is 0 Å². The van der Waals surface area contributed by atoms with E-state index in [1.54, 1.807) is 12.1 Å². The van der Waals surface area contributed by atoms with Crippen molar-refractivity contribution in [3.05, 3.63) is 34.4 Å². The van der Waals surface area contributed by atoms with Gasteiger partial charge in [-0.1, -0.05) is 26.2 Å². The summed E-state index contributed by atoms with van der Waals surface area (Å²) in [5, 5.41) is 13.7. The van der Waals surface area contributed by atoms with E-state index in [9.17, 15) is 10.1 Å². The Labute approximate surface area is 129 Å². The lowest BCUT2D eigenvalue weighted by atomic mass is 10.1. The Bertz CT molecular complexity index is 514. The molecule has 1 aromatic rings. The third kappa shape index (κ3) is 6.80. The number of anilines is 1. The Morgan fingerprint density at radius 1 is 1.33 bits per heavy atom. The molecular formula is C14H20N4O2S. The number of hydrogen-bond donors (Lipinski definition) is 2. The summed E-state index contributed by atoms with van der Waals surface area (Å²) in [6.45, 7) is 2.15. The molecule has 0 aromatic heterocycles. The van der Waals surface area contributed by atoms with E-state index >= 15 is 0 Å². The van der Waals surface area contributed by atoms with Crippen LogP contribution < -0.4 is 11.1 Å². The van der Waals surface area contributed by atoms with Crippen LogP contribution in [0.1, 0.15) is 39.0 Å². The molecule has 1 rings (SSSR count). The highest BCUT2D eigenvalue weighted by molar-refractivity contribution is 7.80. The van der Waals surface area contributed by atoms with Gasteiger partial charge in [0.25, 0.3) is 5.69 Å². The van der Waals surface area contributed by atoms with Crippen molar-refractivity contribution < 1.29 is 4.92 Å². The SMILES string of the molecule is CCCCCCC(N)=NC(=S)Nc1ccc([N+](=O)[O-])cc1. The van der Waals surface area contributed by atoms with Gasteiger partial charge in [-0.05, 0) is 30.8 Å². The summed E-state index contributed by atoms with van der Waals surface area (Å²) in [6.07, 6.45) is 5.23. The van der Waals surface area contributed by atoms with Crippen LogP contribution in [0.2, 0.25) is 0 Å². The molecule has 0 aliphatic carbocycles. The van der Waals surface area contributed by atoms with E-state index in [0.29, 0.717) is 11.5 Å². The van der Waals surface area contributed by atoms with Gasteiger partial charge in [-0.3, -0.25) is 10.1 Å². The molecule has 0 radical (unpaired) electrons. The third-order valence-electron chi connectivity index (χ3n) is 2.86. The quantitative estimate of drug-likeness (QED) is 0.200. The summed E-state index contributed by atoms with van der Waals surface area (Å²) in [4.78, 5) is 14.2. The average molecular weight is 308 g/mol. The Balaban J connectivity index is 2.46. The molecular weight excluding hydrogens is 288 g/mol. The fourth-order valence-electron chi connectivity index (χ4n) is 1.74. The molecule has 0 fully saturated rings. The van der Waals surface area contributed by atoms with Gasteiger partial charge < -0.3 is 11.1 Å². The normalized spacial score (nSPS) is 11.2. The van der Waals surface area contributed by atoms with Crippen molar-refractivity contribution in [1.29, 1.82) is 0 Å². The van der Waals surface area contributed by atoms with Crippen molar-refractivity contribution in [3.63, 3.8) is 0 Å². The number of nitrogens with two attached hydrogens (primary N) is 1. The summed E-state index contributed by atoms with van der Waals surface area (Å²) in [7, 11) is 0. The predicted octanol–water partition coefficient (Wildman–Crippen LogP) is 3.62. The first-order valence-electron chi connectivity index (χ1n) is 6.91. The number of nitro benzene ring substituents is 1. The molecule has 0 saturated carbocycles. The van der Waals surface area contributed by atoms with Crippen molar-refractivity contribution in [2.24, 2.45) is 10.7 Å². The van der Waals surface area contributed by atoms with E-state index in [1.165, 1.54) is 25.0 Å². The number of rotatable bonds is 7. The van der Waals surface area contributed by atoms with Crippen molar-refractivity contribution in [3.8, 4) is 0 Å². The lowest BCUT2D eigenvalue weighted by Crippen LogP contribution is -2.17. The van der Waals surface area contributed by atoms with E-state index in [4.69, 9.17) is 18.0 Å². The largest absolute Gasteiger partial charge is 0.387 e. The Morgan fingerprint density at radius 2 is 2.00 bits per heavy atom. The summed E-state index contributed by atoms with van der Waals surface area (Å²) in [5.41, 5.74) is 6.49. The van der Waals surface area contributed by atoms with Gasteiger partial charge in [-0.15, -0.1) is 0 Å². The van der Waals surface area contributed by atoms with Crippen LogP contribution in [0.3, 0.4) is 0 Å². The van der Waals surface area contributed by atoms with Crippen LogP contribution in [0.15, 0.2) is 29.3 Å². The molecule has 1 aromatic carbocycles. The molecule has 0 unspecified atom stereocenters. The van der Waals surface area contributed by atoms with Crippen LogP contribution in [-0.2, 0) is 0 Å². The molecule has 0 amide bonds. The highest BCUT2D eigenvalue weighted by Crippen LogP contribution is 2.15. The summed E-state index contributed by atoms with van der Waals surface area (Å²) in [6, 6.07) is 5.97. The van der Waals surface area contributed by atoms with Gasteiger partial charge in [-0.25, -0.2) is 4.99 Å². The number of benzene rings is 1. The zero-order chi connectivity index (χ0) is 15.7. The minimum absolute atomic E-state index is 0.0328. The number of nitrogens with zero attached hydrogens (tertiary/aromatic N) is 2. The van der Waals surface area contributed by atoms with Crippen molar-refractivity contribution >= 4 is 34.5 Å². The average Bonchev–Trinajstić information content (AvgIpc) is 2.44. The Kier molecular flexibility index (Phi) is 7.31. The molecule has 21 heavy (non-hydrogen) atoms. The van der Waals surface area contributed by atoms with E-state index in [1.807, 2.05) is 0 Å². The summed E-state index contributed by atoms with van der Waals surface area (Å²) in [5.74, 6) is 0.505. The standard InChI is InChI=1S/C14H20N4O2S/c1-2-3-4-5-6-13(15)17-14(21)16-11-7-9-12(10-8-11)18(19)20/h7-10H,2-6H2,1H3,(H3,15,16,17,21).